The summed E-state index contributed by atoms with van der Waals surface area (Å²) in [5.41, 5.74) is 1.28. The van der Waals surface area contributed by atoms with Gasteiger partial charge in [-0.15, -0.1) is 0 Å². The summed E-state index contributed by atoms with van der Waals surface area (Å²) in [6.07, 6.45) is 3.19. The molecular formula is C22H23BrIN3O3. The summed E-state index contributed by atoms with van der Waals surface area (Å²) < 4.78 is 14.5. The van der Waals surface area contributed by atoms with Crippen molar-refractivity contribution in [3.8, 4) is 11.5 Å². The van der Waals surface area contributed by atoms with Crippen LogP contribution in [-0.2, 0) is 6.42 Å². The van der Waals surface area contributed by atoms with Crippen molar-refractivity contribution in [1.82, 2.24) is 9.66 Å². The molecule has 158 valence electrons. The second-order valence-corrected chi connectivity index (χ2v) is 9.08. The van der Waals surface area contributed by atoms with Gasteiger partial charge >= 0.3 is 0 Å². The van der Waals surface area contributed by atoms with E-state index in [4.69, 9.17) is 9.47 Å². The van der Waals surface area contributed by atoms with Gasteiger partial charge in [0.2, 0.25) is 0 Å². The maximum atomic E-state index is 13.1. The summed E-state index contributed by atoms with van der Waals surface area (Å²) in [7, 11) is 1.61. The van der Waals surface area contributed by atoms with Gasteiger partial charge in [-0.3, -0.25) is 4.79 Å². The zero-order chi connectivity index (χ0) is 21.8. The molecule has 0 saturated carbocycles. The minimum Gasteiger partial charge on any atom is -0.493 e. The second kappa shape index (κ2) is 9.91. The molecular weight excluding hydrogens is 561 g/mol. The van der Waals surface area contributed by atoms with Crippen LogP contribution in [0.25, 0.3) is 10.9 Å². The minimum atomic E-state index is -0.192. The number of rotatable bonds is 7. The van der Waals surface area contributed by atoms with Crippen molar-refractivity contribution in [2.45, 2.75) is 39.7 Å². The Morgan fingerprint density at radius 1 is 1.30 bits per heavy atom. The lowest BCUT2D eigenvalue weighted by molar-refractivity contribution is 0.228. The molecule has 6 nitrogen and oxygen atoms in total. The van der Waals surface area contributed by atoms with E-state index < -0.39 is 0 Å². The highest BCUT2D eigenvalue weighted by Gasteiger charge is 2.14. The van der Waals surface area contributed by atoms with Crippen LogP contribution in [-0.4, -0.2) is 29.1 Å². The SMILES string of the molecule is CCCc1nc2ccc(Br)cc2c(=O)n1N=Cc1cc(I)c(OC(C)C)c(OC)c1. The molecule has 8 heteroatoms. The van der Waals surface area contributed by atoms with Crippen LogP contribution in [0.2, 0.25) is 0 Å². The standard InChI is InChI=1S/C22H23BrIN3O3/c1-5-6-20-26-18-8-7-15(23)11-16(18)22(28)27(20)25-12-14-9-17(24)21(30-13(2)3)19(10-14)29-4/h7-13H,5-6H2,1-4H3. The number of ether oxygens (including phenoxy) is 2. The van der Waals surface area contributed by atoms with E-state index in [1.165, 1.54) is 4.68 Å². The Bertz CT molecular complexity index is 1160. The number of benzene rings is 2. The number of halogens is 2. The van der Waals surface area contributed by atoms with Crippen LogP contribution in [0, 0.1) is 3.57 Å². The fourth-order valence-corrected chi connectivity index (χ4v) is 4.10. The first-order valence-corrected chi connectivity index (χ1v) is 11.5. The zero-order valence-corrected chi connectivity index (χ0v) is 21.0. The zero-order valence-electron chi connectivity index (χ0n) is 17.3. The average molecular weight is 584 g/mol. The van der Waals surface area contributed by atoms with Crippen molar-refractivity contribution in [2.24, 2.45) is 5.10 Å². The molecule has 3 aromatic rings. The highest BCUT2D eigenvalue weighted by Crippen LogP contribution is 2.34. The van der Waals surface area contributed by atoms with E-state index in [-0.39, 0.29) is 11.7 Å². The molecule has 0 bridgehead atoms. The van der Waals surface area contributed by atoms with Crippen LogP contribution in [0.5, 0.6) is 11.5 Å². The maximum absolute atomic E-state index is 13.1. The Labute approximate surface area is 197 Å². The smallest absolute Gasteiger partial charge is 0.282 e. The summed E-state index contributed by atoms with van der Waals surface area (Å²) in [4.78, 5) is 17.8. The predicted molar refractivity (Wildman–Crippen MR) is 132 cm³/mol. The Morgan fingerprint density at radius 2 is 2.07 bits per heavy atom. The van der Waals surface area contributed by atoms with E-state index in [9.17, 15) is 4.79 Å². The van der Waals surface area contributed by atoms with E-state index >= 15 is 0 Å². The van der Waals surface area contributed by atoms with Crippen molar-refractivity contribution in [2.75, 3.05) is 7.11 Å². The number of nitrogens with zero attached hydrogens (tertiary/aromatic N) is 3. The molecule has 0 radical (unpaired) electrons. The van der Waals surface area contributed by atoms with Crippen molar-refractivity contribution >= 4 is 55.6 Å². The number of fused-ring (bicyclic) bond motifs is 1. The van der Waals surface area contributed by atoms with Gasteiger partial charge in [0.05, 0.1) is 33.9 Å². The van der Waals surface area contributed by atoms with Gasteiger partial charge in [-0.25, -0.2) is 4.98 Å². The lowest BCUT2D eigenvalue weighted by Gasteiger charge is -2.15. The lowest BCUT2D eigenvalue weighted by atomic mass is 10.2. The fourth-order valence-electron chi connectivity index (χ4n) is 2.99. The molecule has 0 aliphatic rings. The number of methoxy groups -OCH3 is 1. The van der Waals surface area contributed by atoms with Crippen molar-refractivity contribution in [1.29, 1.82) is 0 Å². The summed E-state index contributed by atoms with van der Waals surface area (Å²) in [6, 6.07) is 9.29. The minimum absolute atomic E-state index is 0.0325. The molecule has 0 amide bonds. The van der Waals surface area contributed by atoms with Gasteiger partial charge in [0.25, 0.3) is 5.56 Å². The number of hydrogen-bond donors (Lipinski definition) is 0. The Morgan fingerprint density at radius 3 is 2.73 bits per heavy atom. The van der Waals surface area contributed by atoms with E-state index in [0.29, 0.717) is 34.6 Å². The van der Waals surface area contributed by atoms with Crippen molar-refractivity contribution in [3.63, 3.8) is 0 Å². The van der Waals surface area contributed by atoms with Gasteiger partial charge in [-0.1, -0.05) is 22.9 Å². The van der Waals surface area contributed by atoms with Crippen LogP contribution >= 0.6 is 38.5 Å². The fraction of sp³-hybridized carbons (Fsp3) is 0.318. The van der Waals surface area contributed by atoms with Crippen LogP contribution in [0.1, 0.15) is 38.6 Å². The molecule has 3 rings (SSSR count). The molecule has 1 heterocycles. The van der Waals surface area contributed by atoms with Crippen LogP contribution in [0.4, 0.5) is 0 Å². The third-order valence-corrected chi connectivity index (χ3v) is 5.57. The molecule has 1 aromatic heterocycles. The molecule has 2 aromatic carbocycles. The second-order valence-electron chi connectivity index (χ2n) is 7.00. The lowest BCUT2D eigenvalue weighted by Crippen LogP contribution is -2.22. The first-order chi connectivity index (χ1) is 14.3. The topological polar surface area (TPSA) is 65.7 Å². The molecule has 0 aliphatic carbocycles. The first kappa shape index (κ1) is 22.7. The van der Waals surface area contributed by atoms with Crippen molar-refractivity contribution in [3.05, 3.63) is 60.1 Å². The molecule has 30 heavy (non-hydrogen) atoms. The molecule has 0 saturated heterocycles. The van der Waals surface area contributed by atoms with Gasteiger partial charge < -0.3 is 9.47 Å². The van der Waals surface area contributed by atoms with Crippen LogP contribution in [0.15, 0.2) is 44.7 Å². The van der Waals surface area contributed by atoms with Gasteiger partial charge in [0.15, 0.2) is 11.5 Å². The quantitative estimate of drug-likeness (QED) is 0.276. The normalized spacial score (nSPS) is 11.6. The predicted octanol–water partition coefficient (Wildman–Crippen LogP) is 5.39. The average Bonchev–Trinajstić information content (AvgIpc) is 2.70. The summed E-state index contributed by atoms with van der Waals surface area (Å²) >= 11 is 5.63. The van der Waals surface area contributed by atoms with E-state index in [1.807, 2.05) is 45.0 Å². The summed E-state index contributed by atoms with van der Waals surface area (Å²) in [5, 5.41) is 5.01. The molecule has 0 N–H and O–H groups in total. The first-order valence-electron chi connectivity index (χ1n) is 9.63. The van der Waals surface area contributed by atoms with E-state index in [0.717, 1.165) is 20.0 Å². The van der Waals surface area contributed by atoms with Crippen LogP contribution < -0.4 is 15.0 Å². The third kappa shape index (κ3) is 5.03. The van der Waals surface area contributed by atoms with E-state index in [2.05, 4.69) is 48.6 Å². The highest BCUT2D eigenvalue weighted by atomic mass is 127. The van der Waals surface area contributed by atoms with E-state index in [1.54, 1.807) is 19.4 Å². The Kier molecular flexibility index (Phi) is 7.51. The van der Waals surface area contributed by atoms with Gasteiger partial charge in [-0.05, 0) is 78.8 Å². The summed E-state index contributed by atoms with van der Waals surface area (Å²) in [6.45, 7) is 5.99. The van der Waals surface area contributed by atoms with Gasteiger partial charge in [0, 0.05) is 10.9 Å². The molecule has 0 fully saturated rings. The summed E-state index contributed by atoms with van der Waals surface area (Å²) in [5.74, 6) is 1.96. The molecule has 0 spiro atoms. The number of aryl methyl sites for hydroxylation is 1. The molecule has 0 aliphatic heterocycles. The third-order valence-electron chi connectivity index (χ3n) is 4.28. The molecule has 0 atom stereocenters. The van der Waals surface area contributed by atoms with Crippen LogP contribution in [0.3, 0.4) is 0 Å². The monoisotopic (exact) mass is 583 g/mol. The Balaban J connectivity index is 2.09. The maximum Gasteiger partial charge on any atom is 0.282 e. The van der Waals surface area contributed by atoms with Gasteiger partial charge in [-0.2, -0.15) is 9.78 Å². The van der Waals surface area contributed by atoms with Gasteiger partial charge in [0.1, 0.15) is 5.82 Å². The highest BCUT2D eigenvalue weighted by molar-refractivity contribution is 14.1. The number of aromatic nitrogens is 2. The molecule has 0 unspecified atom stereocenters. The number of hydrogen-bond acceptors (Lipinski definition) is 5. The largest absolute Gasteiger partial charge is 0.493 e. The van der Waals surface area contributed by atoms with Crippen molar-refractivity contribution < 1.29 is 9.47 Å². The Hall–Kier alpha value is -1.94.